The van der Waals surface area contributed by atoms with E-state index in [1.54, 1.807) is 11.8 Å². The number of hydrogen-bond acceptors (Lipinski definition) is 5. The normalized spacial score (nSPS) is 18.8. The fraction of sp³-hybridized carbons (Fsp3) is 0.375. The Morgan fingerprint density at radius 3 is 2.72 bits per heavy atom. The minimum absolute atomic E-state index is 0.137. The summed E-state index contributed by atoms with van der Waals surface area (Å²) < 4.78 is 10.9. The summed E-state index contributed by atoms with van der Waals surface area (Å²) >= 11 is 1.60. The predicted octanol–water partition coefficient (Wildman–Crippen LogP) is 4.56. The number of para-hydroxylation sites is 1. The van der Waals surface area contributed by atoms with Gasteiger partial charge < -0.3 is 9.47 Å². The molecule has 152 valence electrons. The minimum atomic E-state index is -0.592. The molecule has 0 radical (unpaired) electrons. The number of hydrogen-bond donors (Lipinski definition) is 0. The van der Waals surface area contributed by atoms with Gasteiger partial charge in [0.15, 0.2) is 0 Å². The molecule has 5 heteroatoms. The number of benzene rings is 1. The summed E-state index contributed by atoms with van der Waals surface area (Å²) in [5.41, 5.74) is 0. The largest absolute Gasteiger partial charge is 0.465 e. The maximum atomic E-state index is 12.9. The van der Waals surface area contributed by atoms with Gasteiger partial charge >= 0.3 is 5.97 Å². The molecule has 1 aromatic carbocycles. The molecule has 1 fully saturated rings. The molecule has 0 spiro atoms. The summed E-state index contributed by atoms with van der Waals surface area (Å²) in [6, 6.07) is 9.71. The van der Waals surface area contributed by atoms with Crippen molar-refractivity contribution >= 4 is 17.7 Å². The van der Waals surface area contributed by atoms with Crippen LogP contribution in [0.4, 0.5) is 0 Å². The van der Waals surface area contributed by atoms with E-state index in [4.69, 9.17) is 15.9 Å². The van der Waals surface area contributed by atoms with E-state index in [2.05, 4.69) is 23.0 Å². The van der Waals surface area contributed by atoms with Gasteiger partial charge in [-0.2, -0.15) is 0 Å². The molecule has 0 bridgehead atoms. The monoisotopic (exact) mass is 409 g/mol. The van der Waals surface area contributed by atoms with Crippen LogP contribution >= 0.6 is 11.8 Å². The number of carbonyl (C=O) groups is 1. The van der Waals surface area contributed by atoms with Gasteiger partial charge in [-0.1, -0.05) is 36.3 Å². The number of nitrogens with zero attached hydrogens (tertiary/aromatic N) is 1. The van der Waals surface area contributed by atoms with Crippen LogP contribution in [0, 0.1) is 12.3 Å². The number of allylic oxidation sites excluding steroid dienone is 4. The molecule has 1 heterocycles. The van der Waals surface area contributed by atoms with E-state index in [1.807, 2.05) is 49.4 Å². The van der Waals surface area contributed by atoms with E-state index in [0.717, 1.165) is 35.9 Å². The van der Waals surface area contributed by atoms with Crippen LogP contribution < -0.4 is 4.74 Å². The maximum absolute atomic E-state index is 12.9. The number of ether oxygens (including phenoxy) is 2. The zero-order valence-electron chi connectivity index (χ0n) is 16.8. The average Bonchev–Trinajstić information content (AvgIpc) is 2.95. The van der Waals surface area contributed by atoms with E-state index < -0.39 is 4.75 Å². The van der Waals surface area contributed by atoms with Crippen LogP contribution in [0.25, 0.3) is 0 Å². The van der Waals surface area contributed by atoms with Gasteiger partial charge in [-0.3, -0.25) is 9.69 Å². The summed E-state index contributed by atoms with van der Waals surface area (Å²) in [7, 11) is 0. The minimum Gasteiger partial charge on any atom is -0.465 e. The number of esters is 1. The van der Waals surface area contributed by atoms with E-state index in [9.17, 15) is 4.79 Å². The number of piperidine rings is 1. The highest BCUT2D eigenvalue weighted by atomic mass is 32.2. The maximum Gasteiger partial charge on any atom is 0.322 e. The van der Waals surface area contributed by atoms with Crippen LogP contribution in [0.15, 0.2) is 65.3 Å². The lowest BCUT2D eigenvalue weighted by molar-refractivity contribution is -0.147. The first-order chi connectivity index (χ1) is 14.1. The lowest BCUT2D eigenvalue weighted by Crippen LogP contribution is -2.48. The zero-order valence-corrected chi connectivity index (χ0v) is 17.6. The third-order valence-electron chi connectivity index (χ3n) is 4.94. The Kier molecular flexibility index (Phi) is 7.62. The first-order valence-electron chi connectivity index (χ1n) is 9.98. The summed E-state index contributed by atoms with van der Waals surface area (Å²) in [6.45, 7) is 4.43. The number of thioether (sulfide) groups is 1. The molecule has 0 saturated carbocycles. The van der Waals surface area contributed by atoms with Gasteiger partial charge in [-0.05, 0) is 50.5 Å². The Morgan fingerprint density at radius 2 is 2.03 bits per heavy atom. The van der Waals surface area contributed by atoms with E-state index >= 15 is 0 Å². The molecule has 0 aromatic heterocycles. The Balaban J connectivity index is 1.77. The average molecular weight is 410 g/mol. The highest BCUT2D eigenvalue weighted by molar-refractivity contribution is 8.05. The lowest BCUT2D eigenvalue weighted by Gasteiger charge is -2.39. The van der Waals surface area contributed by atoms with Crippen LogP contribution in [0.2, 0.25) is 0 Å². The number of rotatable bonds is 7. The molecule has 1 aliphatic carbocycles. The van der Waals surface area contributed by atoms with E-state index in [0.29, 0.717) is 26.0 Å². The smallest absolute Gasteiger partial charge is 0.322 e. The molecule has 0 amide bonds. The second-order valence-corrected chi connectivity index (χ2v) is 8.46. The SMILES string of the molecule is C#CCN1CCC(SC2=CCC=CC(Oc3ccccc3)=C2)(C(=O)OCC)CC1. The van der Waals surface area contributed by atoms with Gasteiger partial charge in [-0.25, -0.2) is 0 Å². The summed E-state index contributed by atoms with van der Waals surface area (Å²) in [5, 5.41) is 0. The van der Waals surface area contributed by atoms with Crippen molar-refractivity contribution in [1.29, 1.82) is 0 Å². The molecule has 1 saturated heterocycles. The Morgan fingerprint density at radius 1 is 1.28 bits per heavy atom. The highest BCUT2D eigenvalue weighted by Gasteiger charge is 2.44. The van der Waals surface area contributed by atoms with Crippen LogP contribution in [0.1, 0.15) is 26.2 Å². The van der Waals surface area contributed by atoms with Crippen molar-refractivity contribution in [2.24, 2.45) is 0 Å². The molecule has 0 N–H and O–H groups in total. The summed E-state index contributed by atoms with van der Waals surface area (Å²) in [4.78, 5) is 16.2. The Labute approximate surface area is 177 Å². The van der Waals surface area contributed by atoms with Crippen LogP contribution in [-0.2, 0) is 9.53 Å². The van der Waals surface area contributed by atoms with Crippen LogP contribution in [0.3, 0.4) is 0 Å². The standard InChI is InChI=1S/C24H27NO3S/c1-3-16-25-17-14-24(15-18-25,23(26)27-4-2)29-22-13-9-8-12-21(19-22)28-20-10-6-5-7-11-20/h1,5-8,10-13,19H,4,9,14-18H2,2H3. The topological polar surface area (TPSA) is 38.8 Å². The molecule has 29 heavy (non-hydrogen) atoms. The Bertz CT molecular complexity index is 827. The summed E-state index contributed by atoms with van der Waals surface area (Å²) in [5.74, 6) is 4.11. The second kappa shape index (κ2) is 10.4. The molecule has 2 aliphatic rings. The van der Waals surface area contributed by atoms with Crippen molar-refractivity contribution < 1.29 is 14.3 Å². The van der Waals surface area contributed by atoms with Crippen molar-refractivity contribution in [3.05, 3.63) is 65.3 Å². The quantitative estimate of drug-likeness (QED) is 0.488. The third-order valence-corrected chi connectivity index (χ3v) is 6.43. The van der Waals surface area contributed by atoms with Crippen molar-refractivity contribution in [3.8, 4) is 18.1 Å². The van der Waals surface area contributed by atoms with Crippen molar-refractivity contribution in [1.82, 2.24) is 4.90 Å². The number of likely N-dealkylation sites (tertiary alicyclic amines) is 1. The fourth-order valence-electron chi connectivity index (χ4n) is 3.41. The molecule has 4 nitrogen and oxygen atoms in total. The lowest BCUT2D eigenvalue weighted by atomic mass is 9.95. The second-order valence-electron chi connectivity index (χ2n) is 7.00. The first-order valence-corrected chi connectivity index (χ1v) is 10.8. The zero-order chi connectivity index (χ0) is 20.5. The number of terminal acetylenes is 1. The van der Waals surface area contributed by atoms with Gasteiger partial charge in [0.1, 0.15) is 16.3 Å². The van der Waals surface area contributed by atoms with Gasteiger partial charge in [0.25, 0.3) is 0 Å². The van der Waals surface area contributed by atoms with Crippen LogP contribution in [-0.4, -0.2) is 41.9 Å². The van der Waals surface area contributed by atoms with Crippen molar-refractivity contribution in [2.45, 2.75) is 30.9 Å². The Hall–Kier alpha value is -2.42. The molecule has 1 aliphatic heterocycles. The first kappa shape index (κ1) is 21.3. The third kappa shape index (κ3) is 5.79. The molecular formula is C24H27NO3S. The fourth-order valence-corrected chi connectivity index (χ4v) is 4.75. The van der Waals surface area contributed by atoms with Crippen molar-refractivity contribution in [2.75, 3.05) is 26.2 Å². The predicted molar refractivity (Wildman–Crippen MR) is 118 cm³/mol. The molecule has 1 aromatic rings. The van der Waals surface area contributed by atoms with Crippen molar-refractivity contribution in [3.63, 3.8) is 0 Å². The molecule has 0 unspecified atom stereocenters. The van der Waals surface area contributed by atoms with E-state index in [-0.39, 0.29) is 5.97 Å². The van der Waals surface area contributed by atoms with Gasteiger partial charge in [-0.15, -0.1) is 18.2 Å². The number of carbonyl (C=O) groups excluding carboxylic acids is 1. The van der Waals surface area contributed by atoms with Gasteiger partial charge in [0, 0.05) is 18.0 Å². The molecular weight excluding hydrogens is 382 g/mol. The van der Waals surface area contributed by atoms with Gasteiger partial charge in [0.05, 0.1) is 13.2 Å². The van der Waals surface area contributed by atoms with Crippen LogP contribution in [0.5, 0.6) is 5.75 Å². The molecule has 3 rings (SSSR count). The highest BCUT2D eigenvalue weighted by Crippen LogP contribution is 2.43. The summed E-state index contributed by atoms with van der Waals surface area (Å²) in [6.07, 6.45) is 15.9. The van der Waals surface area contributed by atoms with Gasteiger partial charge in [0.2, 0.25) is 0 Å². The molecule has 0 atom stereocenters. The van der Waals surface area contributed by atoms with E-state index in [1.165, 1.54) is 0 Å².